The fraction of sp³-hybridized carbons (Fsp3) is 0.231. The number of aromatic nitrogens is 2. The van der Waals surface area contributed by atoms with Crippen molar-refractivity contribution in [3.05, 3.63) is 48.5 Å². The predicted molar refractivity (Wildman–Crippen MR) is 67.2 cm³/mol. The van der Waals surface area contributed by atoms with Crippen molar-refractivity contribution in [1.82, 2.24) is 15.3 Å². The van der Waals surface area contributed by atoms with Crippen LogP contribution in [0.3, 0.4) is 0 Å². The van der Waals surface area contributed by atoms with Gasteiger partial charge in [-0.05, 0) is 12.1 Å². The summed E-state index contributed by atoms with van der Waals surface area (Å²) in [6.07, 6.45) is 4.10. The molecule has 1 amide bonds. The lowest BCUT2D eigenvalue weighted by molar-refractivity contribution is -0.123. The molecule has 0 bridgehead atoms. The lowest BCUT2D eigenvalue weighted by atomic mass is 10.3. The van der Waals surface area contributed by atoms with Gasteiger partial charge in [-0.3, -0.25) is 4.79 Å². The van der Waals surface area contributed by atoms with Crippen LogP contribution in [-0.2, 0) is 11.2 Å². The number of nitrogens with one attached hydrogen (secondary N) is 2. The van der Waals surface area contributed by atoms with E-state index in [9.17, 15) is 4.79 Å². The number of rotatable bonds is 6. The van der Waals surface area contributed by atoms with Crippen molar-refractivity contribution in [3.63, 3.8) is 0 Å². The number of hydrogen-bond donors (Lipinski definition) is 2. The Kier molecular flexibility index (Phi) is 4.35. The number of nitrogens with zero attached hydrogens (tertiary/aromatic N) is 1. The molecule has 0 saturated carbocycles. The maximum Gasteiger partial charge on any atom is 0.257 e. The number of hydrogen-bond acceptors (Lipinski definition) is 3. The third-order valence-corrected chi connectivity index (χ3v) is 2.38. The van der Waals surface area contributed by atoms with Gasteiger partial charge in [-0.15, -0.1) is 0 Å². The van der Waals surface area contributed by atoms with Crippen LogP contribution in [0.4, 0.5) is 0 Å². The van der Waals surface area contributed by atoms with Gasteiger partial charge in [0.05, 0.1) is 6.33 Å². The Hall–Kier alpha value is -2.30. The molecule has 0 spiro atoms. The number of aromatic amines is 1. The average Bonchev–Trinajstić information content (AvgIpc) is 2.91. The monoisotopic (exact) mass is 245 g/mol. The molecule has 0 atom stereocenters. The molecule has 5 nitrogen and oxygen atoms in total. The summed E-state index contributed by atoms with van der Waals surface area (Å²) in [6, 6.07) is 9.27. The summed E-state index contributed by atoms with van der Waals surface area (Å²) >= 11 is 0. The lowest BCUT2D eigenvalue weighted by Gasteiger charge is -2.06. The molecule has 0 unspecified atom stereocenters. The highest BCUT2D eigenvalue weighted by molar-refractivity contribution is 5.77. The number of imidazole rings is 1. The predicted octanol–water partition coefficient (Wildman–Crippen LogP) is 1.15. The van der Waals surface area contributed by atoms with E-state index in [4.69, 9.17) is 4.74 Å². The minimum Gasteiger partial charge on any atom is -0.484 e. The summed E-state index contributed by atoms with van der Waals surface area (Å²) in [5.74, 6) is 0.569. The van der Waals surface area contributed by atoms with Gasteiger partial charge in [0, 0.05) is 24.9 Å². The highest BCUT2D eigenvalue weighted by Crippen LogP contribution is 2.07. The number of carbonyl (C=O) groups is 1. The highest BCUT2D eigenvalue weighted by Gasteiger charge is 2.02. The smallest absolute Gasteiger partial charge is 0.257 e. The fourth-order valence-corrected chi connectivity index (χ4v) is 1.47. The largest absolute Gasteiger partial charge is 0.484 e. The normalized spacial score (nSPS) is 10.0. The minimum atomic E-state index is -0.127. The molecule has 0 aliphatic rings. The Morgan fingerprint density at radius 1 is 1.33 bits per heavy atom. The second kappa shape index (κ2) is 6.44. The third kappa shape index (κ3) is 3.93. The average molecular weight is 245 g/mol. The molecule has 0 fully saturated rings. The van der Waals surface area contributed by atoms with Crippen LogP contribution in [0.5, 0.6) is 5.75 Å². The van der Waals surface area contributed by atoms with Gasteiger partial charge in [0.2, 0.25) is 0 Å². The summed E-state index contributed by atoms with van der Waals surface area (Å²) < 4.78 is 5.32. The van der Waals surface area contributed by atoms with E-state index >= 15 is 0 Å². The topological polar surface area (TPSA) is 67.0 Å². The van der Waals surface area contributed by atoms with Gasteiger partial charge in [-0.25, -0.2) is 4.98 Å². The van der Waals surface area contributed by atoms with Crippen molar-refractivity contribution in [2.24, 2.45) is 0 Å². The summed E-state index contributed by atoms with van der Waals surface area (Å²) in [4.78, 5) is 18.4. The van der Waals surface area contributed by atoms with Crippen molar-refractivity contribution >= 4 is 5.91 Å². The molecule has 18 heavy (non-hydrogen) atoms. The zero-order valence-electron chi connectivity index (χ0n) is 9.93. The van der Waals surface area contributed by atoms with E-state index in [0.29, 0.717) is 12.3 Å². The van der Waals surface area contributed by atoms with E-state index in [1.54, 1.807) is 12.5 Å². The van der Waals surface area contributed by atoms with E-state index in [0.717, 1.165) is 12.1 Å². The van der Waals surface area contributed by atoms with Gasteiger partial charge in [0.25, 0.3) is 5.91 Å². The van der Waals surface area contributed by atoms with Gasteiger partial charge < -0.3 is 15.0 Å². The molecule has 94 valence electrons. The van der Waals surface area contributed by atoms with Crippen LogP contribution in [0.1, 0.15) is 5.69 Å². The van der Waals surface area contributed by atoms with Gasteiger partial charge in [0.15, 0.2) is 6.61 Å². The van der Waals surface area contributed by atoms with Gasteiger partial charge in [-0.1, -0.05) is 18.2 Å². The molecule has 0 aliphatic heterocycles. The summed E-state index contributed by atoms with van der Waals surface area (Å²) in [7, 11) is 0. The van der Waals surface area contributed by atoms with E-state index in [2.05, 4.69) is 15.3 Å². The number of H-pyrrole nitrogens is 1. The van der Waals surface area contributed by atoms with E-state index in [1.165, 1.54) is 0 Å². The molecule has 1 heterocycles. The molecule has 2 rings (SSSR count). The quantitative estimate of drug-likeness (QED) is 0.802. The Labute approximate surface area is 105 Å². The number of carbonyl (C=O) groups excluding carboxylic acids is 1. The van der Waals surface area contributed by atoms with Crippen molar-refractivity contribution in [2.75, 3.05) is 13.2 Å². The SMILES string of the molecule is O=C(COc1ccccc1)NCCc1cnc[nH]1. The molecular weight excluding hydrogens is 230 g/mol. The zero-order valence-corrected chi connectivity index (χ0v) is 9.93. The van der Waals surface area contributed by atoms with Crippen molar-refractivity contribution in [3.8, 4) is 5.75 Å². The third-order valence-electron chi connectivity index (χ3n) is 2.38. The first-order valence-corrected chi connectivity index (χ1v) is 5.76. The Morgan fingerprint density at radius 2 is 2.17 bits per heavy atom. The van der Waals surface area contributed by atoms with Crippen LogP contribution in [-0.4, -0.2) is 29.0 Å². The first kappa shape index (κ1) is 12.2. The number of ether oxygens (including phenoxy) is 1. The van der Waals surface area contributed by atoms with Crippen LogP contribution in [0.15, 0.2) is 42.9 Å². The van der Waals surface area contributed by atoms with Crippen molar-refractivity contribution < 1.29 is 9.53 Å². The van der Waals surface area contributed by atoms with Gasteiger partial charge in [-0.2, -0.15) is 0 Å². The Balaban J connectivity index is 1.63. The van der Waals surface area contributed by atoms with Gasteiger partial charge >= 0.3 is 0 Å². The van der Waals surface area contributed by atoms with Crippen LogP contribution in [0.25, 0.3) is 0 Å². The summed E-state index contributed by atoms with van der Waals surface area (Å²) in [5.41, 5.74) is 0.999. The van der Waals surface area contributed by atoms with Crippen LogP contribution in [0, 0.1) is 0 Å². The highest BCUT2D eigenvalue weighted by atomic mass is 16.5. The molecule has 5 heteroatoms. The maximum atomic E-state index is 11.5. The molecule has 2 N–H and O–H groups in total. The first-order chi connectivity index (χ1) is 8.84. The van der Waals surface area contributed by atoms with Gasteiger partial charge in [0.1, 0.15) is 5.75 Å². The first-order valence-electron chi connectivity index (χ1n) is 5.76. The van der Waals surface area contributed by atoms with Crippen LogP contribution >= 0.6 is 0 Å². The Morgan fingerprint density at radius 3 is 2.89 bits per heavy atom. The van der Waals surface area contributed by atoms with E-state index in [1.807, 2.05) is 30.3 Å². The van der Waals surface area contributed by atoms with Crippen molar-refractivity contribution in [1.29, 1.82) is 0 Å². The second-order valence-corrected chi connectivity index (χ2v) is 3.78. The van der Waals surface area contributed by atoms with Crippen molar-refractivity contribution in [2.45, 2.75) is 6.42 Å². The fourth-order valence-electron chi connectivity index (χ4n) is 1.47. The maximum absolute atomic E-state index is 11.5. The van der Waals surface area contributed by atoms with Crippen LogP contribution < -0.4 is 10.1 Å². The summed E-state index contributed by atoms with van der Waals surface area (Å²) in [5, 5.41) is 2.78. The number of amides is 1. The standard InChI is InChI=1S/C13H15N3O2/c17-13(9-18-12-4-2-1-3-5-12)15-7-6-11-8-14-10-16-11/h1-5,8,10H,6-7,9H2,(H,14,16)(H,15,17). The van der Waals surface area contributed by atoms with E-state index < -0.39 is 0 Å². The molecule has 0 aliphatic carbocycles. The molecule has 0 saturated heterocycles. The Bertz CT molecular complexity index is 468. The van der Waals surface area contributed by atoms with E-state index in [-0.39, 0.29) is 12.5 Å². The lowest BCUT2D eigenvalue weighted by Crippen LogP contribution is -2.30. The molecule has 1 aromatic heterocycles. The molecule has 1 aromatic carbocycles. The molecule has 2 aromatic rings. The molecule has 0 radical (unpaired) electrons. The second-order valence-electron chi connectivity index (χ2n) is 3.78. The summed E-state index contributed by atoms with van der Waals surface area (Å²) in [6.45, 7) is 0.603. The number of benzene rings is 1. The van der Waals surface area contributed by atoms with Crippen LogP contribution in [0.2, 0.25) is 0 Å². The number of para-hydroxylation sites is 1. The minimum absolute atomic E-state index is 0.0347. The zero-order chi connectivity index (χ0) is 12.6. The molecular formula is C13H15N3O2.